The molecule has 0 amide bonds. The van der Waals surface area contributed by atoms with Crippen molar-refractivity contribution in [2.45, 2.75) is 123 Å². The molecule has 10 aromatic rings. The predicted octanol–water partition coefficient (Wildman–Crippen LogP) is 25.7. The molecular formula is C87H80N6S2. The molecule has 0 N–H and O–H groups in total. The number of aryl methyl sites for hydroxylation is 2. The molecule has 0 fully saturated rings. The van der Waals surface area contributed by atoms with Crippen molar-refractivity contribution in [3.8, 4) is 57.7 Å². The normalized spacial score (nSPS) is 11.9. The highest BCUT2D eigenvalue weighted by Gasteiger charge is 2.42. The number of rotatable bonds is 28. The van der Waals surface area contributed by atoms with Crippen LogP contribution >= 0.6 is 22.7 Å². The number of anilines is 6. The fourth-order valence-electron chi connectivity index (χ4n) is 13.2. The minimum absolute atomic E-state index is 0.00391. The second kappa shape index (κ2) is 32.0. The molecular weight excluding hydrogens is 1190 g/mol. The summed E-state index contributed by atoms with van der Waals surface area (Å²) in [6.07, 6.45) is 29.5. The van der Waals surface area contributed by atoms with Gasteiger partial charge in [0, 0.05) is 59.0 Å². The number of hydrogen-bond donors (Lipinski definition) is 0. The fraction of sp³-hybridized carbons (Fsp3) is 0.218. The first-order valence-corrected chi connectivity index (χ1v) is 35.3. The minimum atomic E-state index is -0.00391. The van der Waals surface area contributed by atoms with E-state index in [0.717, 1.165) is 75.9 Å². The van der Waals surface area contributed by atoms with Crippen molar-refractivity contribution < 1.29 is 0 Å². The van der Waals surface area contributed by atoms with Gasteiger partial charge >= 0.3 is 0 Å². The molecule has 6 nitrogen and oxygen atoms in total. The van der Waals surface area contributed by atoms with Crippen molar-refractivity contribution in [2.24, 2.45) is 0 Å². The van der Waals surface area contributed by atoms with E-state index in [1.165, 1.54) is 140 Å². The lowest BCUT2D eigenvalue weighted by atomic mass is 9.70. The van der Waals surface area contributed by atoms with Gasteiger partial charge in [-0.25, -0.2) is 0 Å². The summed E-state index contributed by atoms with van der Waals surface area (Å²) in [5, 5.41) is 37.1. The molecule has 0 saturated carbocycles. The highest BCUT2D eigenvalue weighted by atomic mass is 32.1. The summed E-state index contributed by atoms with van der Waals surface area (Å²) in [5.74, 6) is 0. The Labute approximate surface area is 571 Å². The Morgan fingerprint density at radius 3 is 1.08 bits per heavy atom. The van der Waals surface area contributed by atoms with Crippen molar-refractivity contribution in [1.82, 2.24) is 0 Å². The van der Waals surface area contributed by atoms with E-state index in [0.29, 0.717) is 0 Å². The van der Waals surface area contributed by atoms with Gasteiger partial charge in [-0.15, -0.1) is 22.7 Å². The van der Waals surface area contributed by atoms with Crippen molar-refractivity contribution in [1.29, 1.82) is 21.0 Å². The Bertz CT molecular complexity index is 4500. The van der Waals surface area contributed by atoms with Crippen LogP contribution in [0.4, 0.5) is 34.1 Å². The van der Waals surface area contributed by atoms with Crippen LogP contribution in [0.3, 0.4) is 0 Å². The van der Waals surface area contributed by atoms with Crippen LogP contribution < -0.4 is 9.80 Å². The number of hydrogen-bond acceptors (Lipinski definition) is 8. The summed E-state index contributed by atoms with van der Waals surface area (Å²) >= 11 is 3.08. The summed E-state index contributed by atoms with van der Waals surface area (Å²) < 4.78 is 0. The van der Waals surface area contributed by atoms with Crippen molar-refractivity contribution >= 4 is 93.3 Å². The highest BCUT2D eigenvalue weighted by molar-refractivity contribution is 7.14. The third-order valence-electron chi connectivity index (χ3n) is 18.3. The number of fused-ring (bicyclic) bond motifs is 3. The second-order valence-electron chi connectivity index (χ2n) is 25.0. The van der Waals surface area contributed by atoms with Crippen molar-refractivity contribution in [3.63, 3.8) is 0 Å². The summed E-state index contributed by atoms with van der Waals surface area (Å²) in [4.78, 5) is 8.43. The summed E-state index contributed by atoms with van der Waals surface area (Å²) in [6, 6.07) is 83.1. The SMILES string of the molecule is CCCCCCCCC1(CCCCCCCC)c2cc(C)ccc2-c2ccc(-c3ccc(N(c4ccc(/C=C/c5ccc(C=C(C#N)C#N)s5)cc4)c4ccc(-c5ccc(N(c6ccc(C)cc6)c6ccc(/C=C/c7ccc(C=C(C#N)C#N)s7)cc6)cc5)cc4)cc3)cc21. The number of nitriles is 4. The molecule has 95 heavy (non-hydrogen) atoms. The Morgan fingerprint density at radius 2 is 0.674 bits per heavy atom. The van der Waals surface area contributed by atoms with Gasteiger partial charge in [0.05, 0.1) is 0 Å². The number of benzene rings is 8. The molecule has 2 heterocycles. The Balaban J connectivity index is 0.885. The van der Waals surface area contributed by atoms with Crippen LogP contribution in [0.5, 0.6) is 0 Å². The average Bonchev–Trinajstić information content (AvgIpc) is 1.57. The molecule has 0 spiro atoms. The molecule has 1 aliphatic carbocycles. The number of thiophene rings is 2. The van der Waals surface area contributed by atoms with E-state index in [4.69, 9.17) is 0 Å². The summed E-state index contributed by atoms with van der Waals surface area (Å²) in [5.41, 5.74) is 21.7. The van der Waals surface area contributed by atoms with Gasteiger partial charge in [0.1, 0.15) is 35.4 Å². The average molecular weight is 1270 g/mol. The van der Waals surface area contributed by atoms with Crippen LogP contribution in [-0.4, -0.2) is 0 Å². The highest BCUT2D eigenvalue weighted by Crippen LogP contribution is 2.55. The van der Waals surface area contributed by atoms with Crippen LogP contribution in [0.1, 0.15) is 157 Å². The number of nitrogens with zero attached hydrogens (tertiary/aromatic N) is 6. The van der Waals surface area contributed by atoms with E-state index in [-0.39, 0.29) is 16.6 Å². The maximum absolute atomic E-state index is 9.32. The van der Waals surface area contributed by atoms with Gasteiger partial charge in [-0.05, 0) is 210 Å². The molecule has 8 heteroatoms. The first kappa shape index (κ1) is 66.1. The van der Waals surface area contributed by atoms with E-state index < -0.39 is 0 Å². The largest absolute Gasteiger partial charge is 0.311 e. The minimum Gasteiger partial charge on any atom is -0.311 e. The molecule has 11 rings (SSSR count). The quantitative estimate of drug-likeness (QED) is 0.0358. The van der Waals surface area contributed by atoms with Gasteiger partial charge in [0.2, 0.25) is 0 Å². The maximum Gasteiger partial charge on any atom is 0.131 e. The smallest absolute Gasteiger partial charge is 0.131 e. The molecule has 0 aliphatic heterocycles. The molecule has 470 valence electrons. The number of unbranched alkanes of at least 4 members (excludes halogenated alkanes) is 10. The lowest BCUT2D eigenvalue weighted by molar-refractivity contribution is 0.398. The predicted molar refractivity (Wildman–Crippen MR) is 403 cm³/mol. The standard InChI is InChI=1S/C87H80N6S2/c1-5-7-9-11-13-15-53-87(54-16-14-12-10-8-6-2)85-55-64(4)19-51-83(85)84-52-32-72(58-86(84)87)71-30-43-78(44-31-71)93(75-37-22-66(23-38-75)25-46-80-48-50-82(95-80)57-68(61-90)62-91)77-41-28-70(29-42-77)69-26-39-76(40-27-69)92(73-33-17-63(3)18-34-73)74-35-20-65(21-36-74)24-45-79-47-49-81(94-79)56-67(59-88)60-89/h17-52,55-58H,5-16,53-54H2,1-4H3/b45-24+,46-25+. The Morgan fingerprint density at radius 1 is 0.347 bits per heavy atom. The van der Waals surface area contributed by atoms with E-state index in [9.17, 15) is 21.0 Å². The lowest BCUT2D eigenvalue weighted by Crippen LogP contribution is -2.25. The van der Waals surface area contributed by atoms with Crippen molar-refractivity contribution in [3.05, 3.63) is 270 Å². The monoisotopic (exact) mass is 1270 g/mol. The summed E-state index contributed by atoms with van der Waals surface area (Å²) in [7, 11) is 0. The van der Waals surface area contributed by atoms with Crippen LogP contribution in [-0.2, 0) is 5.41 Å². The van der Waals surface area contributed by atoms with Gasteiger partial charge in [0.25, 0.3) is 0 Å². The Kier molecular flexibility index (Phi) is 22.3. The van der Waals surface area contributed by atoms with Crippen LogP contribution in [0.15, 0.2) is 217 Å². The van der Waals surface area contributed by atoms with E-state index in [2.05, 4.69) is 244 Å². The van der Waals surface area contributed by atoms with Crippen LogP contribution in [0.25, 0.3) is 69.8 Å². The third-order valence-corrected chi connectivity index (χ3v) is 20.3. The van der Waals surface area contributed by atoms with Crippen molar-refractivity contribution in [2.75, 3.05) is 9.80 Å². The third kappa shape index (κ3) is 16.2. The fourth-order valence-corrected chi connectivity index (χ4v) is 14.9. The number of allylic oxidation sites excluding steroid dienone is 2. The van der Waals surface area contributed by atoms with Gasteiger partial charge in [-0.2, -0.15) is 21.0 Å². The second-order valence-corrected chi connectivity index (χ2v) is 27.3. The molecule has 8 aromatic carbocycles. The van der Waals surface area contributed by atoms with Gasteiger partial charge in [-0.1, -0.05) is 217 Å². The zero-order valence-electron chi connectivity index (χ0n) is 55.0. The van der Waals surface area contributed by atoms with Gasteiger partial charge in [-0.3, -0.25) is 0 Å². The molecule has 0 unspecified atom stereocenters. The van der Waals surface area contributed by atoms with Gasteiger partial charge in [0.15, 0.2) is 0 Å². The molecule has 2 aromatic heterocycles. The lowest BCUT2D eigenvalue weighted by Gasteiger charge is -2.33. The Hall–Kier alpha value is -10.3. The van der Waals surface area contributed by atoms with E-state index >= 15 is 0 Å². The topological polar surface area (TPSA) is 102 Å². The van der Waals surface area contributed by atoms with Crippen LogP contribution in [0.2, 0.25) is 0 Å². The molecule has 0 saturated heterocycles. The van der Waals surface area contributed by atoms with Gasteiger partial charge < -0.3 is 9.80 Å². The van der Waals surface area contributed by atoms with E-state index in [1.807, 2.05) is 48.5 Å². The van der Waals surface area contributed by atoms with Crippen LogP contribution in [0, 0.1) is 59.2 Å². The molecule has 0 atom stereocenters. The first-order chi connectivity index (χ1) is 46.6. The molecule has 1 aliphatic rings. The molecule has 0 radical (unpaired) electrons. The maximum atomic E-state index is 9.32. The zero-order valence-corrected chi connectivity index (χ0v) is 56.6. The first-order valence-electron chi connectivity index (χ1n) is 33.6. The zero-order chi connectivity index (χ0) is 65.9. The van der Waals surface area contributed by atoms with E-state index in [1.54, 1.807) is 29.1 Å². The summed E-state index contributed by atoms with van der Waals surface area (Å²) in [6.45, 7) is 9.00. The molecule has 0 bridgehead atoms.